The van der Waals surface area contributed by atoms with E-state index in [0.717, 1.165) is 24.2 Å². The first kappa shape index (κ1) is 19.3. The largest absolute Gasteiger partial charge is 0.492 e. The SMILES string of the molecule is Cc1cccc(OCCNC(=O)C2CCN(C(=O)C(C)(C)C)CC2)c1. The van der Waals surface area contributed by atoms with Gasteiger partial charge in [-0.3, -0.25) is 9.59 Å². The van der Waals surface area contributed by atoms with Gasteiger partial charge in [-0.15, -0.1) is 0 Å². The Bertz CT molecular complexity index is 599. The van der Waals surface area contributed by atoms with Gasteiger partial charge in [-0.1, -0.05) is 32.9 Å². The molecule has 1 aliphatic rings. The Labute approximate surface area is 150 Å². The molecular formula is C20H30N2O3. The molecule has 25 heavy (non-hydrogen) atoms. The second kappa shape index (κ2) is 8.37. The van der Waals surface area contributed by atoms with Crippen LogP contribution in [0, 0.1) is 18.3 Å². The maximum absolute atomic E-state index is 12.3. The number of rotatable bonds is 5. The Morgan fingerprint density at radius 1 is 1.24 bits per heavy atom. The average Bonchev–Trinajstić information content (AvgIpc) is 2.57. The summed E-state index contributed by atoms with van der Waals surface area (Å²) in [5, 5.41) is 2.94. The lowest BCUT2D eigenvalue weighted by Crippen LogP contribution is -2.47. The summed E-state index contributed by atoms with van der Waals surface area (Å²) in [5.41, 5.74) is 0.792. The zero-order chi connectivity index (χ0) is 18.4. The summed E-state index contributed by atoms with van der Waals surface area (Å²) in [5.74, 6) is 1.04. The van der Waals surface area contributed by atoms with Crippen LogP contribution in [0.2, 0.25) is 0 Å². The van der Waals surface area contributed by atoms with Crippen LogP contribution in [0.25, 0.3) is 0 Å². The number of carbonyl (C=O) groups excluding carboxylic acids is 2. The van der Waals surface area contributed by atoms with E-state index in [-0.39, 0.29) is 23.1 Å². The summed E-state index contributed by atoms with van der Waals surface area (Å²) < 4.78 is 5.64. The summed E-state index contributed by atoms with van der Waals surface area (Å²) in [7, 11) is 0. The van der Waals surface area contributed by atoms with Crippen LogP contribution in [0.1, 0.15) is 39.2 Å². The molecule has 0 atom stereocenters. The van der Waals surface area contributed by atoms with Gasteiger partial charge in [0.15, 0.2) is 0 Å². The fourth-order valence-corrected chi connectivity index (χ4v) is 3.01. The lowest BCUT2D eigenvalue weighted by molar-refractivity contribution is -0.142. The molecule has 1 aromatic carbocycles. The molecule has 1 aromatic rings. The summed E-state index contributed by atoms with van der Waals surface area (Å²) in [6.07, 6.45) is 1.46. The molecule has 1 fully saturated rings. The number of likely N-dealkylation sites (tertiary alicyclic amines) is 1. The van der Waals surface area contributed by atoms with Crippen LogP contribution in [0.3, 0.4) is 0 Å². The summed E-state index contributed by atoms with van der Waals surface area (Å²) in [6, 6.07) is 7.86. The third kappa shape index (κ3) is 5.76. The van der Waals surface area contributed by atoms with Crippen LogP contribution in [0.15, 0.2) is 24.3 Å². The predicted molar refractivity (Wildman–Crippen MR) is 98.4 cm³/mol. The first-order valence-corrected chi connectivity index (χ1v) is 9.04. The van der Waals surface area contributed by atoms with E-state index in [1.54, 1.807) is 0 Å². The molecule has 0 radical (unpaired) electrons. The minimum Gasteiger partial charge on any atom is -0.492 e. The van der Waals surface area contributed by atoms with Crippen molar-refractivity contribution in [3.63, 3.8) is 0 Å². The molecule has 0 aliphatic carbocycles. The van der Waals surface area contributed by atoms with Gasteiger partial charge in [0.2, 0.25) is 11.8 Å². The standard InChI is InChI=1S/C20H30N2O3/c1-15-6-5-7-17(14-15)25-13-10-21-18(23)16-8-11-22(12-9-16)19(24)20(2,3)4/h5-7,14,16H,8-13H2,1-4H3,(H,21,23). The van der Waals surface area contributed by atoms with Crippen molar-refractivity contribution < 1.29 is 14.3 Å². The number of carbonyl (C=O) groups is 2. The molecule has 5 nitrogen and oxygen atoms in total. The lowest BCUT2D eigenvalue weighted by atomic mass is 9.91. The molecule has 1 aliphatic heterocycles. The van der Waals surface area contributed by atoms with Crippen molar-refractivity contribution in [2.45, 2.75) is 40.5 Å². The van der Waals surface area contributed by atoms with Crippen molar-refractivity contribution in [2.75, 3.05) is 26.2 Å². The number of ether oxygens (including phenoxy) is 1. The van der Waals surface area contributed by atoms with Gasteiger partial charge in [0.1, 0.15) is 12.4 Å². The average molecular weight is 346 g/mol. The van der Waals surface area contributed by atoms with Crippen molar-refractivity contribution in [1.82, 2.24) is 10.2 Å². The number of nitrogens with one attached hydrogen (secondary N) is 1. The molecule has 1 N–H and O–H groups in total. The highest BCUT2D eigenvalue weighted by Crippen LogP contribution is 2.23. The van der Waals surface area contributed by atoms with Crippen molar-refractivity contribution in [3.05, 3.63) is 29.8 Å². The fraction of sp³-hybridized carbons (Fsp3) is 0.600. The molecular weight excluding hydrogens is 316 g/mol. The zero-order valence-corrected chi connectivity index (χ0v) is 15.8. The topological polar surface area (TPSA) is 58.6 Å². The third-order valence-electron chi connectivity index (χ3n) is 4.45. The van der Waals surface area contributed by atoms with Gasteiger partial charge in [0.05, 0.1) is 6.54 Å². The van der Waals surface area contributed by atoms with Crippen LogP contribution in [-0.2, 0) is 9.59 Å². The molecule has 2 amide bonds. The van der Waals surface area contributed by atoms with E-state index < -0.39 is 0 Å². The summed E-state index contributed by atoms with van der Waals surface area (Å²) in [6.45, 7) is 10.1. The molecule has 5 heteroatoms. The number of hydrogen-bond donors (Lipinski definition) is 1. The van der Waals surface area contributed by atoms with Crippen molar-refractivity contribution in [1.29, 1.82) is 0 Å². The summed E-state index contributed by atoms with van der Waals surface area (Å²) >= 11 is 0. The Morgan fingerprint density at radius 2 is 1.92 bits per heavy atom. The van der Waals surface area contributed by atoms with E-state index in [4.69, 9.17) is 4.74 Å². The Balaban J connectivity index is 1.68. The van der Waals surface area contributed by atoms with Gasteiger partial charge >= 0.3 is 0 Å². The minimum absolute atomic E-state index is 0.0111. The second-order valence-corrected chi connectivity index (χ2v) is 7.77. The van der Waals surface area contributed by atoms with Gasteiger partial charge in [-0.25, -0.2) is 0 Å². The van der Waals surface area contributed by atoms with Crippen molar-refractivity contribution in [3.8, 4) is 5.75 Å². The normalized spacial score (nSPS) is 15.8. The van der Waals surface area contributed by atoms with Crippen molar-refractivity contribution >= 4 is 11.8 Å². The Kier molecular flexibility index (Phi) is 6.45. The number of benzene rings is 1. The molecule has 1 saturated heterocycles. The first-order valence-electron chi connectivity index (χ1n) is 9.04. The molecule has 0 bridgehead atoms. The summed E-state index contributed by atoms with van der Waals surface area (Å²) in [4.78, 5) is 26.4. The smallest absolute Gasteiger partial charge is 0.227 e. The molecule has 0 spiro atoms. The van der Waals surface area contributed by atoms with E-state index in [2.05, 4.69) is 5.32 Å². The molecule has 138 valence electrons. The Morgan fingerprint density at radius 3 is 2.52 bits per heavy atom. The number of aryl methyl sites for hydroxylation is 1. The lowest BCUT2D eigenvalue weighted by Gasteiger charge is -2.35. The molecule has 1 heterocycles. The number of nitrogens with zero attached hydrogens (tertiary/aromatic N) is 1. The van der Waals surface area contributed by atoms with Gasteiger partial charge in [-0.05, 0) is 37.5 Å². The number of hydrogen-bond acceptors (Lipinski definition) is 3. The van der Waals surface area contributed by atoms with Crippen LogP contribution >= 0.6 is 0 Å². The Hall–Kier alpha value is -2.04. The highest BCUT2D eigenvalue weighted by molar-refractivity contribution is 5.82. The molecule has 0 unspecified atom stereocenters. The quantitative estimate of drug-likeness (QED) is 0.834. The second-order valence-electron chi connectivity index (χ2n) is 7.77. The van der Waals surface area contributed by atoms with Crippen molar-refractivity contribution in [2.24, 2.45) is 11.3 Å². The maximum atomic E-state index is 12.3. The zero-order valence-electron chi connectivity index (χ0n) is 15.8. The van der Waals surface area contributed by atoms with Gasteiger partial charge in [0, 0.05) is 24.4 Å². The van der Waals surface area contributed by atoms with Crippen LogP contribution in [0.5, 0.6) is 5.75 Å². The van der Waals surface area contributed by atoms with E-state index in [0.29, 0.717) is 26.2 Å². The molecule has 0 aromatic heterocycles. The van der Waals surface area contributed by atoms with Crippen LogP contribution in [0.4, 0.5) is 0 Å². The van der Waals surface area contributed by atoms with E-state index in [9.17, 15) is 9.59 Å². The molecule has 0 saturated carbocycles. The first-order chi connectivity index (χ1) is 11.8. The van der Waals surface area contributed by atoms with Gasteiger partial charge in [0.25, 0.3) is 0 Å². The van der Waals surface area contributed by atoms with Crippen LogP contribution < -0.4 is 10.1 Å². The van der Waals surface area contributed by atoms with Gasteiger partial charge < -0.3 is 15.0 Å². The third-order valence-corrected chi connectivity index (χ3v) is 4.45. The predicted octanol–water partition coefficient (Wildman–Crippen LogP) is 2.77. The number of amides is 2. The monoisotopic (exact) mass is 346 g/mol. The molecule has 2 rings (SSSR count). The number of piperidine rings is 1. The van der Waals surface area contributed by atoms with E-state index in [1.807, 2.05) is 56.9 Å². The highest BCUT2D eigenvalue weighted by atomic mass is 16.5. The van der Waals surface area contributed by atoms with Gasteiger partial charge in [-0.2, -0.15) is 0 Å². The van der Waals surface area contributed by atoms with E-state index >= 15 is 0 Å². The maximum Gasteiger partial charge on any atom is 0.227 e. The highest BCUT2D eigenvalue weighted by Gasteiger charge is 2.32. The van der Waals surface area contributed by atoms with Crippen LogP contribution in [-0.4, -0.2) is 43.0 Å². The minimum atomic E-state index is -0.359. The van der Waals surface area contributed by atoms with E-state index in [1.165, 1.54) is 0 Å². The fourth-order valence-electron chi connectivity index (χ4n) is 3.01.